The van der Waals surface area contributed by atoms with Crippen LogP contribution in [0.25, 0.3) is 0 Å². The molecule has 1 N–H and O–H groups in total. The molecule has 1 spiro atoms. The molecule has 3 fully saturated rings. The number of aliphatic hydroxyl groups is 1. The minimum absolute atomic E-state index is 0.0384. The highest BCUT2D eigenvalue weighted by atomic mass is 16.6. The summed E-state index contributed by atoms with van der Waals surface area (Å²) >= 11 is 0. The number of rotatable bonds is 3. The second kappa shape index (κ2) is 5.86. The first-order chi connectivity index (χ1) is 10.0. The molecule has 3 rings (SSSR count). The maximum Gasteiger partial charge on any atom is 0.338 e. The van der Waals surface area contributed by atoms with Crippen molar-refractivity contribution < 1.29 is 23.9 Å². The Hall–Kier alpha value is -0.650. The zero-order valence-electron chi connectivity index (χ0n) is 13.1. The first-order valence-corrected chi connectivity index (χ1v) is 8.38. The van der Waals surface area contributed by atoms with E-state index in [0.29, 0.717) is 0 Å². The fourth-order valence-corrected chi connectivity index (χ4v) is 4.19. The second-order valence-electron chi connectivity index (χ2n) is 7.25. The Kier molecular flexibility index (Phi) is 4.26. The van der Waals surface area contributed by atoms with Crippen LogP contribution >= 0.6 is 0 Å². The predicted molar refractivity (Wildman–Crippen MR) is 77.6 cm³/mol. The maximum atomic E-state index is 12.4. The molecule has 0 amide bonds. The van der Waals surface area contributed by atoms with Gasteiger partial charge in [-0.3, -0.25) is 0 Å². The zero-order valence-corrected chi connectivity index (χ0v) is 13.1. The van der Waals surface area contributed by atoms with Crippen LogP contribution in [-0.2, 0) is 14.3 Å². The predicted octanol–water partition coefficient (Wildman–Crippen LogP) is 1.09. The van der Waals surface area contributed by atoms with Gasteiger partial charge < -0.3 is 19.1 Å². The second-order valence-corrected chi connectivity index (χ2v) is 7.25. The third-order valence-corrected chi connectivity index (χ3v) is 5.77. The molecule has 1 saturated carbocycles. The number of nitrogens with zero attached hydrogens (tertiary/aromatic N) is 1. The van der Waals surface area contributed by atoms with Gasteiger partial charge in [0.1, 0.15) is 19.6 Å². The van der Waals surface area contributed by atoms with Gasteiger partial charge in [-0.05, 0) is 25.7 Å². The molecule has 5 nitrogen and oxygen atoms in total. The lowest BCUT2D eigenvalue weighted by molar-refractivity contribution is -0.925. The average molecular weight is 298 g/mol. The molecule has 21 heavy (non-hydrogen) atoms. The molecule has 0 bridgehead atoms. The number of esters is 1. The maximum absolute atomic E-state index is 12.4. The summed E-state index contributed by atoms with van der Waals surface area (Å²) < 4.78 is 12.1. The minimum Gasteiger partial charge on any atom is -0.454 e. The van der Waals surface area contributed by atoms with Gasteiger partial charge in [-0.15, -0.1) is 0 Å². The summed E-state index contributed by atoms with van der Waals surface area (Å²) in [6.07, 6.45) is 4.96. The van der Waals surface area contributed by atoms with E-state index in [0.717, 1.165) is 76.0 Å². The molecule has 120 valence electrons. The van der Waals surface area contributed by atoms with E-state index in [-0.39, 0.29) is 12.0 Å². The summed E-state index contributed by atoms with van der Waals surface area (Å²) in [4.78, 5) is 12.4. The van der Waals surface area contributed by atoms with Crippen molar-refractivity contribution in [1.29, 1.82) is 0 Å². The number of morpholine rings is 1. The molecular weight excluding hydrogens is 270 g/mol. The monoisotopic (exact) mass is 298 g/mol. The summed E-state index contributed by atoms with van der Waals surface area (Å²) in [6, 6.07) is 0. The standard InChI is InChI=1S/C16H28NO4/c1-16(19,13-4-2-3-5-13)15(18)21-14-6-7-17(12-14)8-10-20-11-9-17/h13-14,19H,2-12H2,1H3/q+1. The van der Waals surface area contributed by atoms with E-state index in [9.17, 15) is 9.90 Å². The molecule has 1 aliphatic carbocycles. The van der Waals surface area contributed by atoms with E-state index in [1.54, 1.807) is 6.92 Å². The molecule has 2 atom stereocenters. The van der Waals surface area contributed by atoms with Crippen LogP contribution in [0.3, 0.4) is 0 Å². The van der Waals surface area contributed by atoms with Gasteiger partial charge in [-0.1, -0.05) is 12.8 Å². The van der Waals surface area contributed by atoms with Crippen LogP contribution in [-0.4, -0.2) is 66.7 Å². The third-order valence-electron chi connectivity index (χ3n) is 5.77. The van der Waals surface area contributed by atoms with Crippen LogP contribution < -0.4 is 0 Å². The Morgan fingerprint density at radius 3 is 2.52 bits per heavy atom. The van der Waals surface area contributed by atoms with Gasteiger partial charge >= 0.3 is 5.97 Å². The molecule has 2 aliphatic heterocycles. The lowest BCUT2D eigenvalue weighted by atomic mass is 9.88. The molecule has 5 heteroatoms. The smallest absolute Gasteiger partial charge is 0.338 e. The van der Waals surface area contributed by atoms with Gasteiger partial charge in [-0.25, -0.2) is 4.79 Å². The Balaban J connectivity index is 1.55. The van der Waals surface area contributed by atoms with Crippen molar-refractivity contribution in [2.24, 2.45) is 5.92 Å². The normalized spacial score (nSPS) is 32.2. The van der Waals surface area contributed by atoms with Gasteiger partial charge in [0.25, 0.3) is 0 Å². The van der Waals surface area contributed by atoms with E-state index < -0.39 is 11.6 Å². The molecule has 2 saturated heterocycles. The SMILES string of the molecule is CC(O)(C(=O)OC1CC[N+]2(CCOCC2)C1)C1CCCC1. The van der Waals surface area contributed by atoms with Gasteiger partial charge in [-0.2, -0.15) is 0 Å². The first-order valence-electron chi connectivity index (χ1n) is 8.38. The molecule has 0 aromatic rings. The number of carbonyl (C=O) groups excluding carboxylic acids is 1. The Morgan fingerprint density at radius 2 is 1.86 bits per heavy atom. The third kappa shape index (κ3) is 3.10. The van der Waals surface area contributed by atoms with Crippen molar-refractivity contribution in [1.82, 2.24) is 0 Å². The molecule has 0 aromatic heterocycles. The highest BCUT2D eigenvalue weighted by Gasteiger charge is 2.46. The number of hydrogen-bond acceptors (Lipinski definition) is 4. The van der Waals surface area contributed by atoms with Crippen LogP contribution in [0.4, 0.5) is 0 Å². The summed E-state index contributed by atoms with van der Waals surface area (Å²) in [5, 5.41) is 10.5. The molecular formula is C16H28NO4+. The highest BCUT2D eigenvalue weighted by Crippen LogP contribution is 2.35. The van der Waals surface area contributed by atoms with E-state index in [1.807, 2.05) is 0 Å². The molecule has 3 aliphatic rings. The summed E-state index contributed by atoms with van der Waals surface area (Å²) in [6.45, 7) is 7.24. The van der Waals surface area contributed by atoms with Crippen molar-refractivity contribution in [2.45, 2.75) is 50.7 Å². The van der Waals surface area contributed by atoms with Crippen LogP contribution in [0.1, 0.15) is 39.0 Å². The fourth-order valence-electron chi connectivity index (χ4n) is 4.19. The van der Waals surface area contributed by atoms with E-state index in [2.05, 4.69) is 0 Å². The number of ether oxygens (including phenoxy) is 2. The van der Waals surface area contributed by atoms with E-state index in [4.69, 9.17) is 9.47 Å². The van der Waals surface area contributed by atoms with Crippen molar-refractivity contribution in [2.75, 3.05) is 39.4 Å². The molecule has 0 aromatic carbocycles. The van der Waals surface area contributed by atoms with Gasteiger partial charge in [0, 0.05) is 6.42 Å². The highest BCUT2D eigenvalue weighted by molar-refractivity contribution is 5.79. The average Bonchev–Trinajstić information content (AvgIpc) is 3.11. The molecule has 2 unspecified atom stereocenters. The van der Waals surface area contributed by atoms with Crippen LogP contribution in [0.15, 0.2) is 0 Å². The quantitative estimate of drug-likeness (QED) is 0.626. The number of quaternary nitrogens is 1. The lowest BCUT2D eigenvalue weighted by Crippen LogP contribution is -2.54. The topological polar surface area (TPSA) is 55.8 Å². The molecule has 0 radical (unpaired) electrons. The molecule has 2 heterocycles. The van der Waals surface area contributed by atoms with Crippen LogP contribution in [0, 0.1) is 5.92 Å². The van der Waals surface area contributed by atoms with E-state index in [1.165, 1.54) is 0 Å². The van der Waals surface area contributed by atoms with Crippen LogP contribution in [0.5, 0.6) is 0 Å². The van der Waals surface area contributed by atoms with E-state index >= 15 is 0 Å². The van der Waals surface area contributed by atoms with Crippen molar-refractivity contribution in [3.05, 3.63) is 0 Å². The van der Waals surface area contributed by atoms with Crippen LogP contribution in [0.2, 0.25) is 0 Å². The van der Waals surface area contributed by atoms with Gasteiger partial charge in [0.2, 0.25) is 0 Å². The summed E-state index contributed by atoms with van der Waals surface area (Å²) in [7, 11) is 0. The Bertz CT molecular complexity index is 384. The fraction of sp³-hybridized carbons (Fsp3) is 0.938. The lowest BCUT2D eigenvalue weighted by Gasteiger charge is -2.37. The first kappa shape index (κ1) is 15.3. The van der Waals surface area contributed by atoms with Gasteiger partial charge in [0.15, 0.2) is 11.7 Å². The number of carbonyl (C=O) groups is 1. The Labute approximate surface area is 126 Å². The number of hydrogen-bond donors (Lipinski definition) is 1. The van der Waals surface area contributed by atoms with Crippen molar-refractivity contribution in [3.8, 4) is 0 Å². The summed E-state index contributed by atoms with van der Waals surface area (Å²) in [5.41, 5.74) is -1.31. The minimum atomic E-state index is -1.31. The summed E-state index contributed by atoms with van der Waals surface area (Å²) in [5.74, 6) is -0.342. The Morgan fingerprint density at radius 1 is 1.19 bits per heavy atom. The van der Waals surface area contributed by atoms with Crippen molar-refractivity contribution in [3.63, 3.8) is 0 Å². The van der Waals surface area contributed by atoms with Crippen molar-refractivity contribution >= 4 is 5.97 Å². The zero-order chi connectivity index (χ0) is 14.9. The largest absolute Gasteiger partial charge is 0.454 e. The van der Waals surface area contributed by atoms with Gasteiger partial charge in [0.05, 0.1) is 19.8 Å².